The number of aromatic nitrogens is 2. The summed E-state index contributed by atoms with van der Waals surface area (Å²) in [6, 6.07) is 6.02. The number of carbonyl (C=O) groups is 1. The first kappa shape index (κ1) is 21.4. The molecule has 0 spiro atoms. The second kappa shape index (κ2) is 9.86. The summed E-state index contributed by atoms with van der Waals surface area (Å²) < 4.78 is 33.7. The number of aliphatic carboxylic acids is 1. The predicted octanol–water partition coefficient (Wildman–Crippen LogP) is 3.02. The number of carboxylic acids is 1. The Morgan fingerprint density at radius 3 is 2.44 bits per heavy atom. The molecule has 6 nitrogen and oxygen atoms in total. The molecule has 0 amide bonds. The van der Waals surface area contributed by atoms with Gasteiger partial charge in [-0.2, -0.15) is 18.3 Å². The average molecular weight is 405 g/mol. The molecule has 10 heteroatoms. The average Bonchev–Trinajstić information content (AvgIpc) is 3.33. The van der Waals surface area contributed by atoms with E-state index in [4.69, 9.17) is 9.90 Å². The maximum Gasteiger partial charge on any atom is 0.490 e. The molecule has 1 fully saturated rings. The van der Waals surface area contributed by atoms with E-state index in [0.29, 0.717) is 5.92 Å². The number of likely N-dealkylation sites (tertiary alicyclic amines) is 1. The molecule has 2 N–H and O–H groups in total. The third kappa shape index (κ3) is 6.96. The smallest absolute Gasteiger partial charge is 0.475 e. The zero-order valence-electron chi connectivity index (χ0n) is 14.5. The van der Waals surface area contributed by atoms with Gasteiger partial charge in [-0.15, -0.1) is 11.3 Å². The fraction of sp³-hybridized carbons (Fsp3) is 0.529. The number of alkyl halides is 3. The van der Waals surface area contributed by atoms with Crippen molar-refractivity contribution in [2.24, 2.45) is 5.92 Å². The van der Waals surface area contributed by atoms with E-state index in [1.807, 2.05) is 40.7 Å². The highest BCUT2D eigenvalue weighted by Gasteiger charge is 2.38. The van der Waals surface area contributed by atoms with Crippen LogP contribution in [0.15, 0.2) is 36.0 Å². The van der Waals surface area contributed by atoms with Gasteiger partial charge in [-0.1, -0.05) is 6.07 Å². The van der Waals surface area contributed by atoms with Crippen LogP contribution in [0.5, 0.6) is 0 Å². The van der Waals surface area contributed by atoms with Gasteiger partial charge in [0.1, 0.15) is 0 Å². The van der Waals surface area contributed by atoms with Gasteiger partial charge in [0, 0.05) is 23.8 Å². The number of aliphatic hydroxyl groups excluding tert-OH is 1. The number of hydrogen-bond acceptors (Lipinski definition) is 5. The molecule has 0 saturated carbocycles. The summed E-state index contributed by atoms with van der Waals surface area (Å²) in [5.74, 6) is -2.35. The molecule has 0 bridgehead atoms. The van der Waals surface area contributed by atoms with Gasteiger partial charge in [0.2, 0.25) is 0 Å². The predicted molar refractivity (Wildman–Crippen MR) is 94.4 cm³/mol. The van der Waals surface area contributed by atoms with Crippen LogP contribution >= 0.6 is 11.3 Å². The quantitative estimate of drug-likeness (QED) is 0.800. The maximum absolute atomic E-state index is 10.6. The number of piperidine rings is 1. The molecular weight excluding hydrogens is 383 g/mol. The van der Waals surface area contributed by atoms with Gasteiger partial charge < -0.3 is 15.1 Å². The Balaban J connectivity index is 0.000000321. The molecule has 3 rings (SSSR count). The summed E-state index contributed by atoms with van der Waals surface area (Å²) in [7, 11) is 0. The molecule has 1 saturated heterocycles. The van der Waals surface area contributed by atoms with Crippen molar-refractivity contribution in [1.29, 1.82) is 0 Å². The van der Waals surface area contributed by atoms with Crippen molar-refractivity contribution in [3.8, 4) is 0 Å². The minimum atomic E-state index is -5.08. The molecule has 0 radical (unpaired) electrons. The molecule has 1 unspecified atom stereocenters. The molecule has 0 aromatic carbocycles. The minimum absolute atomic E-state index is 0.275. The summed E-state index contributed by atoms with van der Waals surface area (Å²) in [6.07, 6.45) is 0.635. The Kier molecular flexibility index (Phi) is 7.81. The second-order valence-corrected chi connectivity index (χ2v) is 7.19. The third-order valence-electron chi connectivity index (χ3n) is 4.36. The highest BCUT2D eigenvalue weighted by Crippen LogP contribution is 2.32. The first-order valence-corrected chi connectivity index (χ1v) is 9.36. The van der Waals surface area contributed by atoms with Crippen LogP contribution in [0.25, 0.3) is 0 Å². The normalized spacial score (nSPS) is 17.2. The fourth-order valence-corrected chi connectivity index (χ4v) is 3.66. The molecule has 3 heterocycles. The molecule has 0 aliphatic carbocycles. The summed E-state index contributed by atoms with van der Waals surface area (Å²) in [5.41, 5.74) is 0. The van der Waals surface area contributed by atoms with Gasteiger partial charge in [0.05, 0.1) is 12.6 Å². The standard InChI is InChI=1S/C15H21N3OS.C2HF3O2/c19-15(14-3-1-12-20-14)13-4-8-17(9-5-13)10-11-18-7-2-6-16-18;3-2(4,5)1(6)7/h1-3,6-7,12-13,15,19H,4-5,8-11H2;(H,6,7). The molecule has 150 valence electrons. The van der Waals surface area contributed by atoms with E-state index in [2.05, 4.69) is 10.00 Å². The first-order valence-electron chi connectivity index (χ1n) is 8.48. The van der Waals surface area contributed by atoms with Gasteiger partial charge in [-0.05, 0) is 49.4 Å². The van der Waals surface area contributed by atoms with E-state index in [9.17, 15) is 18.3 Å². The topological polar surface area (TPSA) is 78.6 Å². The zero-order chi connectivity index (χ0) is 19.9. The Bertz CT molecular complexity index is 669. The Hall–Kier alpha value is -1.91. The van der Waals surface area contributed by atoms with E-state index in [0.717, 1.165) is 43.9 Å². The molecule has 27 heavy (non-hydrogen) atoms. The number of nitrogens with zero attached hydrogens (tertiary/aromatic N) is 3. The summed E-state index contributed by atoms with van der Waals surface area (Å²) in [6.45, 7) is 4.15. The highest BCUT2D eigenvalue weighted by atomic mass is 32.1. The fourth-order valence-electron chi connectivity index (χ4n) is 2.86. The van der Waals surface area contributed by atoms with Crippen LogP contribution in [0.4, 0.5) is 13.2 Å². The van der Waals surface area contributed by atoms with Gasteiger partial charge in [-0.25, -0.2) is 4.79 Å². The van der Waals surface area contributed by atoms with Crippen LogP contribution in [0.2, 0.25) is 0 Å². The van der Waals surface area contributed by atoms with Crippen molar-refractivity contribution < 1.29 is 28.2 Å². The Morgan fingerprint density at radius 1 is 1.30 bits per heavy atom. The van der Waals surface area contributed by atoms with Crippen molar-refractivity contribution in [1.82, 2.24) is 14.7 Å². The van der Waals surface area contributed by atoms with Crippen molar-refractivity contribution in [2.45, 2.75) is 31.7 Å². The number of aliphatic hydroxyl groups is 1. The summed E-state index contributed by atoms with van der Waals surface area (Å²) in [4.78, 5) is 12.5. The van der Waals surface area contributed by atoms with Crippen molar-refractivity contribution in [3.63, 3.8) is 0 Å². The number of hydrogen-bond donors (Lipinski definition) is 2. The van der Waals surface area contributed by atoms with Crippen molar-refractivity contribution in [3.05, 3.63) is 40.8 Å². The number of rotatable bonds is 5. The van der Waals surface area contributed by atoms with E-state index in [1.165, 1.54) is 0 Å². The van der Waals surface area contributed by atoms with Gasteiger partial charge in [0.15, 0.2) is 0 Å². The zero-order valence-corrected chi connectivity index (χ0v) is 15.4. The van der Waals surface area contributed by atoms with Gasteiger partial charge in [0.25, 0.3) is 0 Å². The summed E-state index contributed by atoms with van der Waals surface area (Å²) >= 11 is 1.66. The van der Waals surface area contributed by atoms with Crippen molar-refractivity contribution >= 4 is 17.3 Å². The molecule has 2 aromatic heterocycles. The first-order chi connectivity index (χ1) is 12.8. The third-order valence-corrected chi connectivity index (χ3v) is 5.30. The summed E-state index contributed by atoms with van der Waals surface area (Å²) in [5, 5.41) is 23.8. The van der Waals surface area contributed by atoms with Crippen LogP contribution in [0.1, 0.15) is 23.8 Å². The van der Waals surface area contributed by atoms with E-state index >= 15 is 0 Å². The van der Waals surface area contributed by atoms with Gasteiger partial charge in [-0.3, -0.25) is 4.68 Å². The Labute approximate surface area is 158 Å². The van der Waals surface area contributed by atoms with Crippen LogP contribution in [0, 0.1) is 5.92 Å². The molecule has 1 aliphatic heterocycles. The van der Waals surface area contributed by atoms with Crippen molar-refractivity contribution in [2.75, 3.05) is 19.6 Å². The van der Waals surface area contributed by atoms with Crippen LogP contribution in [0.3, 0.4) is 0 Å². The van der Waals surface area contributed by atoms with E-state index in [1.54, 1.807) is 11.3 Å². The lowest BCUT2D eigenvalue weighted by molar-refractivity contribution is -0.192. The minimum Gasteiger partial charge on any atom is -0.475 e. The van der Waals surface area contributed by atoms with E-state index in [-0.39, 0.29) is 6.10 Å². The number of thiophene rings is 1. The molecular formula is C17H22F3N3O3S. The van der Waals surface area contributed by atoms with E-state index < -0.39 is 12.1 Å². The highest BCUT2D eigenvalue weighted by molar-refractivity contribution is 7.10. The lowest BCUT2D eigenvalue weighted by Crippen LogP contribution is -2.37. The SMILES string of the molecule is O=C(O)C(F)(F)F.OC(c1cccs1)C1CCN(CCn2cccn2)CC1. The number of halogens is 3. The molecule has 2 aromatic rings. The maximum atomic E-state index is 10.6. The lowest BCUT2D eigenvalue weighted by Gasteiger charge is -2.33. The van der Waals surface area contributed by atoms with Crippen LogP contribution in [-0.4, -0.2) is 56.7 Å². The van der Waals surface area contributed by atoms with Crippen LogP contribution < -0.4 is 0 Å². The monoisotopic (exact) mass is 405 g/mol. The van der Waals surface area contributed by atoms with Crippen LogP contribution in [-0.2, 0) is 11.3 Å². The number of carboxylic acid groups (broad SMARTS) is 1. The largest absolute Gasteiger partial charge is 0.490 e. The second-order valence-electron chi connectivity index (χ2n) is 6.21. The lowest BCUT2D eigenvalue weighted by atomic mass is 9.90. The molecule has 1 atom stereocenters. The Morgan fingerprint density at radius 2 is 1.96 bits per heavy atom. The van der Waals surface area contributed by atoms with Gasteiger partial charge >= 0.3 is 12.1 Å². The molecule has 1 aliphatic rings.